The fourth-order valence-corrected chi connectivity index (χ4v) is 1.74. The lowest BCUT2D eigenvalue weighted by atomic mass is 10.7. The number of aromatic nitrogens is 4. The van der Waals surface area contributed by atoms with Crippen molar-refractivity contribution in [2.24, 2.45) is 0 Å². The predicted molar refractivity (Wildman–Crippen MR) is 85.0 cm³/mol. The summed E-state index contributed by atoms with van der Waals surface area (Å²) < 4.78 is 0. The number of rotatable bonds is 2. The second-order valence-corrected chi connectivity index (χ2v) is 5.01. The summed E-state index contributed by atoms with van der Waals surface area (Å²) in [7, 11) is 0. The fourth-order valence-electron chi connectivity index (χ4n) is 0.922. The van der Waals surface area contributed by atoms with Crippen molar-refractivity contribution in [2.45, 2.75) is 17.7 Å². The third kappa shape index (κ3) is 6.27. The van der Waals surface area contributed by atoms with Crippen LogP contribution >= 0.6 is 35.1 Å². The summed E-state index contributed by atoms with van der Waals surface area (Å²) >= 11 is 8.20. The molecule has 0 spiro atoms. The molecule has 2 aromatic rings. The second kappa shape index (κ2) is 9.62. The van der Waals surface area contributed by atoms with E-state index in [1.807, 2.05) is 12.5 Å². The minimum absolute atomic E-state index is 0. The molecule has 0 aliphatic rings. The molecule has 0 amide bonds. The van der Waals surface area contributed by atoms with Crippen molar-refractivity contribution in [3.8, 4) is 0 Å². The molecule has 0 aromatic carbocycles. The second-order valence-electron chi connectivity index (χ2n) is 3.01. The maximum absolute atomic E-state index is 10.8. The summed E-state index contributed by atoms with van der Waals surface area (Å²) in [4.78, 5) is 34.0. The third-order valence-electron chi connectivity index (χ3n) is 1.77. The van der Waals surface area contributed by atoms with Crippen LogP contribution in [0.1, 0.15) is 7.43 Å². The van der Waals surface area contributed by atoms with Crippen LogP contribution in [0.25, 0.3) is 0 Å². The zero-order chi connectivity index (χ0) is 14.3. The molecule has 0 aliphatic carbocycles. The average Bonchev–Trinajstić information content (AvgIpc) is 2.42. The van der Waals surface area contributed by atoms with Gasteiger partial charge in [-0.15, -0.1) is 0 Å². The van der Waals surface area contributed by atoms with Crippen molar-refractivity contribution in [3.05, 3.63) is 44.2 Å². The number of hydrogen-bond acceptors (Lipinski definition) is 6. The smallest absolute Gasteiger partial charge is 0.270 e. The standard InChI is InChI=1S/C5H5ClN2OS.C5H6N2OS.CH4/c1-10-5-7-2-3(6)4(9)8-5;1-9-5-6-3-2-4(8)7-5;/h2H,1H3,(H,7,8,9);2-3H,1H3,(H,6,7,8);1H4. The van der Waals surface area contributed by atoms with E-state index in [4.69, 9.17) is 11.6 Å². The minimum Gasteiger partial charge on any atom is -0.301 e. The summed E-state index contributed by atoms with van der Waals surface area (Å²) in [5.41, 5.74) is -0.393. The predicted octanol–water partition coefficient (Wildman–Crippen LogP) is 2.27. The molecular formula is C11H15ClN4O2S2. The number of nitrogens with one attached hydrogen (secondary N) is 2. The van der Waals surface area contributed by atoms with Crippen LogP contribution in [0.4, 0.5) is 0 Å². The van der Waals surface area contributed by atoms with Crippen LogP contribution in [0.15, 0.2) is 38.4 Å². The lowest BCUT2D eigenvalue weighted by molar-refractivity contribution is 0.940. The van der Waals surface area contributed by atoms with Crippen molar-refractivity contribution in [3.63, 3.8) is 0 Å². The van der Waals surface area contributed by atoms with Crippen LogP contribution in [-0.2, 0) is 0 Å². The van der Waals surface area contributed by atoms with Gasteiger partial charge >= 0.3 is 0 Å². The molecule has 2 rings (SSSR count). The molecule has 0 fully saturated rings. The summed E-state index contributed by atoms with van der Waals surface area (Å²) in [6.07, 6.45) is 6.52. The lowest BCUT2D eigenvalue weighted by Crippen LogP contribution is -2.07. The van der Waals surface area contributed by atoms with Gasteiger partial charge < -0.3 is 9.97 Å². The first-order chi connectivity index (χ1) is 9.06. The summed E-state index contributed by atoms with van der Waals surface area (Å²) in [5.74, 6) is 0. The molecule has 0 saturated heterocycles. The molecule has 0 saturated carbocycles. The quantitative estimate of drug-likeness (QED) is 0.646. The monoisotopic (exact) mass is 334 g/mol. The molecule has 6 nitrogen and oxygen atoms in total. The molecule has 2 aromatic heterocycles. The molecule has 0 radical (unpaired) electrons. The molecule has 9 heteroatoms. The van der Waals surface area contributed by atoms with Gasteiger partial charge in [0.15, 0.2) is 10.3 Å². The summed E-state index contributed by atoms with van der Waals surface area (Å²) in [5, 5.41) is 1.36. The van der Waals surface area contributed by atoms with Crippen LogP contribution in [0.5, 0.6) is 0 Å². The molecule has 110 valence electrons. The number of thioether (sulfide) groups is 2. The van der Waals surface area contributed by atoms with E-state index < -0.39 is 0 Å². The van der Waals surface area contributed by atoms with Crippen LogP contribution < -0.4 is 11.1 Å². The molecule has 0 aliphatic heterocycles. The van der Waals surface area contributed by atoms with E-state index in [1.54, 1.807) is 0 Å². The molecule has 20 heavy (non-hydrogen) atoms. The Labute approximate surface area is 129 Å². The van der Waals surface area contributed by atoms with Crippen molar-refractivity contribution in [1.82, 2.24) is 19.9 Å². The van der Waals surface area contributed by atoms with E-state index in [1.165, 1.54) is 42.0 Å². The number of aromatic amines is 2. The zero-order valence-corrected chi connectivity index (χ0v) is 12.5. The third-order valence-corrected chi connectivity index (χ3v) is 3.22. The Balaban J connectivity index is 0.000000345. The summed E-state index contributed by atoms with van der Waals surface area (Å²) in [6, 6.07) is 1.39. The first kappa shape index (κ1) is 18.8. The molecular weight excluding hydrogens is 320 g/mol. The Morgan fingerprint density at radius 2 is 1.70 bits per heavy atom. The summed E-state index contributed by atoms with van der Waals surface area (Å²) in [6.45, 7) is 0. The van der Waals surface area contributed by atoms with Gasteiger partial charge in [0.25, 0.3) is 11.1 Å². The normalized spacial score (nSPS) is 9.15. The van der Waals surface area contributed by atoms with Gasteiger partial charge in [-0.05, 0) is 12.5 Å². The topological polar surface area (TPSA) is 91.5 Å². The Morgan fingerprint density at radius 1 is 1.10 bits per heavy atom. The Morgan fingerprint density at radius 3 is 2.15 bits per heavy atom. The number of nitrogens with zero attached hydrogens (tertiary/aromatic N) is 2. The lowest BCUT2D eigenvalue weighted by Gasteiger charge is -1.92. The maximum Gasteiger partial charge on any atom is 0.270 e. The SMILES string of the molecule is C.CSc1ncc(Cl)c(=O)[nH]1.CSc1nccc(=O)[nH]1. The van der Waals surface area contributed by atoms with Crippen LogP contribution in [-0.4, -0.2) is 32.4 Å². The number of halogens is 1. The molecule has 0 atom stereocenters. The Bertz CT molecular complexity index is 645. The number of hydrogen-bond donors (Lipinski definition) is 2. The Hall–Kier alpha value is -1.25. The van der Waals surface area contributed by atoms with Gasteiger partial charge in [-0.25, -0.2) is 9.97 Å². The highest BCUT2D eigenvalue weighted by atomic mass is 35.5. The van der Waals surface area contributed by atoms with Crippen molar-refractivity contribution >= 4 is 35.1 Å². The van der Waals surface area contributed by atoms with E-state index in [0.717, 1.165) is 0 Å². The van der Waals surface area contributed by atoms with E-state index in [0.29, 0.717) is 10.3 Å². The maximum atomic E-state index is 10.8. The zero-order valence-electron chi connectivity index (χ0n) is 10.1. The van der Waals surface area contributed by atoms with E-state index >= 15 is 0 Å². The average molecular weight is 335 g/mol. The van der Waals surface area contributed by atoms with Gasteiger partial charge in [-0.2, -0.15) is 0 Å². The highest BCUT2D eigenvalue weighted by Gasteiger charge is 1.96. The largest absolute Gasteiger partial charge is 0.301 e. The van der Waals surface area contributed by atoms with Crippen molar-refractivity contribution < 1.29 is 0 Å². The highest BCUT2D eigenvalue weighted by Crippen LogP contribution is 2.05. The van der Waals surface area contributed by atoms with Crippen LogP contribution in [0, 0.1) is 0 Å². The highest BCUT2D eigenvalue weighted by molar-refractivity contribution is 7.98. The molecule has 2 N–H and O–H groups in total. The number of H-pyrrole nitrogens is 2. The van der Waals surface area contributed by atoms with Crippen molar-refractivity contribution in [2.75, 3.05) is 12.5 Å². The van der Waals surface area contributed by atoms with E-state index in [9.17, 15) is 9.59 Å². The minimum atomic E-state index is -0.291. The van der Waals surface area contributed by atoms with Crippen LogP contribution in [0.2, 0.25) is 5.02 Å². The van der Waals surface area contributed by atoms with Gasteiger partial charge in [0, 0.05) is 12.3 Å². The fraction of sp³-hybridized carbons (Fsp3) is 0.273. The molecule has 2 heterocycles. The van der Waals surface area contributed by atoms with Gasteiger partial charge in [-0.3, -0.25) is 9.59 Å². The molecule has 0 unspecified atom stereocenters. The van der Waals surface area contributed by atoms with E-state index in [2.05, 4.69) is 19.9 Å². The molecule has 0 bridgehead atoms. The first-order valence-corrected chi connectivity index (χ1v) is 7.77. The van der Waals surface area contributed by atoms with Gasteiger partial charge in [0.05, 0.1) is 6.20 Å². The van der Waals surface area contributed by atoms with Crippen molar-refractivity contribution in [1.29, 1.82) is 0 Å². The van der Waals surface area contributed by atoms with Gasteiger partial charge in [-0.1, -0.05) is 42.6 Å². The van der Waals surface area contributed by atoms with E-state index in [-0.39, 0.29) is 23.6 Å². The van der Waals surface area contributed by atoms with Gasteiger partial charge in [0.2, 0.25) is 0 Å². The first-order valence-electron chi connectivity index (χ1n) is 4.95. The van der Waals surface area contributed by atoms with Crippen LogP contribution in [0.3, 0.4) is 0 Å². The van der Waals surface area contributed by atoms with Gasteiger partial charge in [0.1, 0.15) is 5.02 Å². The Kier molecular flexibility index (Phi) is 9.02.